The number of nitrogens with one attached hydrogen (secondary N) is 1. The van der Waals surface area contributed by atoms with Crippen molar-refractivity contribution in [3.63, 3.8) is 0 Å². The summed E-state index contributed by atoms with van der Waals surface area (Å²) >= 11 is 0. The molecule has 0 spiro atoms. The molecule has 22 heavy (non-hydrogen) atoms. The number of benzene rings is 1. The SMILES string of the molecule is CCC(C)C(N)C(=O)Nc1ccc2nc(C3CC3)oc2c1.Cl. The van der Waals surface area contributed by atoms with Crippen LogP contribution in [0.1, 0.15) is 44.9 Å². The summed E-state index contributed by atoms with van der Waals surface area (Å²) < 4.78 is 5.75. The van der Waals surface area contributed by atoms with Crippen molar-refractivity contribution in [2.75, 3.05) is 5.32 Å². The Morgan fingerprint density at radius 2 is 2.23 bits per heavy atom. The standard InChI is InChI=1S/C16H21N3O2.ClH/c1-3-9(2)14(17)15(20)18-11-6-7-12-13(8-11)21-16(19-12)10-4-5-10;/h6-10,14H,3-5,17H2,1-2H3,(H,18,20);1H. The molecule has 3 rings (SSSR count). The molecule has 1 aliphatic rings. The lowest BCUT2D eigenvalue weighted by Crippen LogP contribution is -2.40. The number of carbonyl (C=O) groups excluding carboxylic acids is 1. The molecule has 120 valence electrons. The van der Waals surface area contributed by atoms with Crippen LogP contribution < -0.4 is 11.1 Å². The first-order chi connectivity index (χ1) is 10.1. The monoisotopic (exact) mass is 323 g/mol. The Kier molecular flexibility index (Phi) is 5.08. The van der Waals surface area contributed by atoms with Gasteiger partial charge >= 0.3 is 0 Å². The Hall–Kier alpha value is -1.59. The van der Waals surface area contributed by atoms with Gasteiger partial charge in [0.05, 0.1) is 6.04 Å². The molecule has 0 aliphatic heterocycles. The molecule has 0 radical (unpaired) electrons. The summed E-state index contributed by atoms with van der Waals surface area (Å²) in [5.74, 6) is 1.28. The molecule has 1 aromatic heterocycles. The van der Waals surface area contributed by atoms with Gasteiger partial charge in [0.15, 0.2) is 11.5 Å². The second-order valence-corrected chi connectivity index (χ2v) is 5.91. The zero-order valence-corrected chi connectivity index (χ0v) is 13.7. The van der Waals surface area contributed by atoms with E-state index in [0.717, 1.165) is 30.7 Å². The molecule has 1 heterocycles. The number of hydrogen-bond donors (Lipinski definition) is 2. The van der Waals surface area contributed by atoms with Crippen molar-refractivity contribution in [1.82, 2.24) is 4.98 Å². The van der Waals surface area contributed by atoms with E-state index in [9.17, 15) is 4.79 Å². The fourth-order valence-electron chi connectivity index (χ4n) is 2.26. The van der Waals surface area contributed by atoms with E-state index >= 15 is 0 Å². The fourth-order valence-corrected chi connectivity index (χ4v) is 2.26. The second-order valence-electron chi connectivity index (χ2n) is 5.91. The molecule has 1 aromatic carbocycles. The van der Waals surface area contributed by atoms with Crippen LogP contribution in [0.3, 0.4) is 0 Å². The minimum Gasteiger partial charge on any atom is -0.440 e. The number of fused-ring (bicyclic) bond motifs is 1. The van der Waals surface area contributed by atoms with Gasteiger partial charge in [0, 0.05) is 17.7 Å². The average molecular weight is 324 g/mol. The first-order valence-electron chi connectivity index (χ1n) is 7.55. The predicted octanol–water partition coefficient (Wildman–Crippen LogP) is 3.44. The Labute approximate surface area is 136 Å². The van der Waals surface area contributed by atoms with Gasteiger partial charge in [-0.25, -0.2) is 4.98 Å². The van der Waals surface area contributed by atoms with Crippen molar-refractivity contribution in [2.45, 2.75) is 45.1 Å². The van der Waals surface area contributed by atoms with Crippen molar-refractivity contribution < 1.29 is 9.21 Å². The first kappa shape index (κ1) is 16.8. The zero-order chi connectivity index (χ0) is 15.0. The lowest BCUT2D eigenvalue weighted by molar-refractivity contribution is -0.118. The molecule has 0 saturated heterocycles. The Bertz CT molecular complexity index is 666. The number of oxazole rings is 1. The molecule has 2 aromatic rings. The van der Waals surface area contributed by atoms with E-state index in [1.807, 2.05) is 32.0 Å². The van der Waals surface area contributed by atoms with Crippen LogP contribution in [0.5, 0.6) is 0 Å². The summed E-state index contributed by atoms with van der Waals surface area (Å²) in [4.78, 5) is 16.6. The number of nitrogens with two attached hydrogens (primary N) is 1. The number of aromatic nitrogens is 1. The molecular weight excluding hydrogens is 302 g/mol. The number of carbonyl (C=O) groups is 1. The molecule has 6 heteroatoms. The van der Waals surface area contributed by atoms with Gasteiger partial charge < -0.3 is 15.5 Å². The molecule has 2 atom stereocenters. The molecule has 0 bridgehead atoms. The Morgan fingerprint density at radius 1 is 1.50 bits per heavy atom. The highest BCUT2D eigenvalue weighted by Gasteiger charge is 2.29. The number of rotatable bonds is 5. The topological polar surface area (TPSA) is 81.2 Å². The third-order valence-electron chi connectivity index (χ3n) is 4.16. The van der Waals surface area contributed by atoms with E-state index in [0.29, 0.717) is 17.2 Å². The lowest BCUT2D eigenvalue weighted by Gasteiger charge is -2.17. The van der Waals surface area contributed by atoms with Crippen molar-refractivity contribution in [3.8, 4) is 0 Å². The number of nitrogens with zero attached hydrogens (tertiary/aromatic N) is 1. The largest absolute Gasteiger partial charge is 0.440 e. The molecule has 2 unspecified atom stereocenters. The first-order valence-corrected chi connectivity index (χ1v) is 7.55. The van der Waals surface area contributed by atoms with Crippen LogP contribution in [0.2, 0.25) is 0 Å². The van der Waals surface area contributed by atoms with Gasteiger partial charge in [-0.15, -0.1) is 12.4 Å². The highest BCUT2D eigenvalue weighted by atomic mass is 35.5. The number of halogens is 1. The molecule has 1 fully saturated rings. The quantitative estimate of drug-likeness (QED) is 0.883. The van der Waals surface area contributed by atoms with Crippen LogP contribution in [-0.2, 0) is 4.79 Å². The number of hydrogen-bond acceptors (Lipinski definition) is 4. The van der Waals surface area contributed by atoms with Crippen molar-refractivity contribution in [3.05, 3.63) is 24.1 Å². The van der Waals surface area contributed by atoms with E-state index in [2.05, 4.69) is 10.3 Å². The van der Waals surface area contributed by atoms with E-state index < -0.39 is 6.04 Å². The van der Waals surface area contributed by atoms with Gasteiger partial charge in [0.2, 0.25) is 5.91 Å². The lowest BCUT2D eigenvalue weighted by atomic mass is 9.99. The molecule has 5 nitrogen and oxygen atoms in total. The third-order valence-corrected chi connectivity index (χ3v) is 4.16. The summed E-state index contributed by atoms with van der Waals surface area (Å²) in [7, 11) is 0. The van der Waals surface area contributed by atoms with Crippen LogP contribution in [-0.4, -0.2) is 16.9 Å². The molecule has 1 saturated carbocycles. The van der Waals surface area contributed by atoms with Crippen LogP contribution >= 0.6 is 12.4 Å². The Morgan fingerprint density at radius 3 is 2.86 bits per heavy atom. The maximum absolute atomic E-state index is 12.1. The van der Waals surface area contributed by atoms with E-state index in [4.69, 9.17) is 10.2 Å². The van der Waals surface area contributed by atoms with Crippen molar-refractivity contribution in [2.24, 2.45) is 11.7 Å². The van der Waals surface area contributed by atoms with Crippen LogP contribution in [0, 0.1) is 5.92 Å². The summed E-state index contributed by atoms with van der Waals surface area (Å²) in [6.07, 6.45) is 3.18. The number of anilines is 1. The van der Waals surface area contributed by atoms with Gasteiger partial charge in [0.25, 0.3) is 0 Å². The van der Waals surface area contributed by atoms with Gasteiger partial charge in [0.1, 0.15) is 5.52 Å². The summed E-state index contributed by atoms with van der Waals surface area (Å²) in [6, 6.07) is 5.02. The van der Waals surface area contributed by atoms with Crippen LogP contribution in [0.15, 0.2) is 22.6 Å². The summed E-state index contributed by atoms with van der Waals surface area (Å²) in [6.45, 7) is 4.00. The second kappa shape index (κ2) is 6.67. The zero-order valence-electron chi connectivity index (χ0n) is 12.8. The Balaban J connectivity index is 0.00000176. The van der Waals surface area contributed by atoms with E-state index in [1.165, 1.54) is 0 Å². The highest BCUT2D eigenvalue weighted by molar-refractivity contribution is 5.96. The molecule has 3 N–H and O–H groups in total. The highest BCUT2D eigenvalue weighted by Crippen LogP contribution is 2.40. The van der Waals surface area contributed by atoms with Crippen molar-refractivity contribution in [1.29, 1.82) is 0 Å². The average Bonchev–Trinajstić information content (AvgIpc) is 3.25. The van der Waals surface area contributed by atoms with Crippen LogP contribution in [0.4, 0.5) is 5.69 Å². The van der Waals surface area contributed by atoms with E-state index in [-0.39, 0.29) is 24.2 Å². The van der Waals surface area contributed by atoms with Gasteiger partial charge in [-0.1, -0.05) is 20.3 Å². The van der Waals surface area contributed by atoms with E-state index in [1.54, 1.807) is 0 Å². The summed E-state index contributed by atoms with van der Waals surface area (Å²) in [5, 5.41) is 2.85. The van der Waals surface area contributed by atoms with Gasteiger partial charge in [-0.2, -0.15) is 0 Å². The van der Waals surface area contributed by atoms with Gasteiger partial charge in [-0.3, -0.25) is 4.79 Å². The molecule has 1 aliphatic carbocycles. The fraction of sp³-hybridized carbons (Fsp3) is 0.500. The van der Waals surface area contributed by atoms with Crippen LogP contribution in [0.25, 0.3) is 11.1 Å². The minimum absolute atomic E-state index is 0. The normalized spacial score (nSPS) is 16.9. The van der Waals surface area contributed by atoms with Crippen molar-refractivity contribution >= 4 is 35.1 Å². The minimum atomic E-state index is -0.498. The third kappa shape index (κ3) is 3.42. The van der Waals surface area contributed by atoms with Gasteiger partial charge in [-0.05, 0) is 30.9 Å². The molecular formula is C16H22ClN3O2. The maximum Gasteiger partial charge on any atom is 0.241 e. The smallest absolute Gasteiger partial charge is 0.241 e. The predicted molar refractivity (Wildman–Crippen MR) is 89.3 cm³/mol. The summed E-state index contributed by atoms with van der Waals surface area (Å²) in [5.41, 5.74) is 8.18. The maximum atomic E-state index is 12.1. The number of amides is 1. The molecule has 1 amide bonds.